The van der Waals surface area contributed by atoms with Crippen molar-refractivity contribution >= 4 is 16.9 Å². The fourth-order valence-corrected chi connectivity index (χ4v) is 1.42. The first kappa shape index (κ1) is 9.64. The number of amides is 1. The van der Waals surface area contributed by atoms with Gasteiger partial charge in [-0.25, -0.2) is 9.67 Å². The zero-order chi connectivity index (χ0) is 10.7. The highest BCUT2D eigenvalue weighted by Gasteiger charge is 2.06. The van der Waals surface area contributed by atoms with Crippen LogP contribution in [0.4, 0.5) is 0 Å². The van der Waals surface area contributed by atoms with Gasteiger partial charge in [-0.1, -0.05) is 0 Å². The van der Waals surface area contributed by atoms with Crippen molar-refractivity contribution in [3.8, 4) is 0 Å². The molecule has 2 rings (SSSR count). The van der Waals surface area contributed by atoms with Crippen molar-refractivity contribution < 1.29 is 4.79 Å². The lowest BCUT2D eigenvalue weighted by Crippen LogP contribution is -2.27. The topological polar surface area (TPSA) is 59.8 Å². The van der Waals surface area contributed by atoms with E-state index >= 15 is 0 Å². The molecule has 0 spiro atoms. The molecule has 15 heavy (non-hydrogen) atoms. The molecule has 0 saturated heterocycles. The van der Waals surface area contributed by atoms with E-state index in [-0.39, 0.29) is 12.5 Å². The van der Waals surface area contributed by atoms with E-state index in [4.69, 9.17) is 0 Å². The Morgan fingerprint density at radius 3 is 3.27 bits per heavy atom. The van der Waals surface area contributed by atoms with E-state index in [1.54, 1.807) is 17.1 Å². The predicted octanol–water partition coefficient (Wildman–Crippen LogP) is 0.567. The third kappa shape index (κ3) is 1.96. The minimum Gasteiger partial charge on any atom is -0.355 e. The van der Waals surface area contributed by atoms with E-state index in [0.717, 1.165) is 11.0 Å². The Kier molecular flexibility index (Phi) is 2.62. The van der Waals surface area contributed by atoms with Crippen LogP contribution >= 0.6 is 0 Å². The van der Waals surface area contributed by atoms with Crippen LogP contribution in [-0.2, 0) is 11.3 Å². The summed E-state index contributed by atoms with van der Waals surface area (Å²) in [6.45, 7) is 2.73. The number of fused-ring (bicyclic) bond motifs is 1. The lowest BCUT2D eigenvalue weighted by Gasteiger charge is -2.02. The summed E-state index contributed by atoms with van der Waals surface area (Å²) in [5.41, 5.74) is 0.740. The van der Waals surface area contributed by atoms with Crippen molar-refractivity contribution in [1.82, 2.24) is 20.1 Å². The third-order valence-corrected chi connectivity index (χ3v) is 2.06. The van der Waals surface area contributed by atoms with Crippen LogP contribution in [0.5, 0.6) is 0 Å². The number of nitrogens with one attached hydrogen (secondary N) is 1. The minimum absolute atomic E-state index is 0.0480. The van der Waals surface area contributed by atoms with Crippen LogP contribution in [-0.4, -0.2) is 27.2 Å². The Morgan fingerprint density at radius 1 is 1.60 bits per heavy atom. The third-order valence-electron chi connectivity index (χ3n) is 2.06. The van der Waals surface area contributed by atoms with Crippen LogP contribution in [0.3, 0.4) is 0 Å². The summed E-state index contributed by atoms with van der Waals surface area (Å²) in [6.07, 6.45) is 3.40. The molecule has 0 radical (unpaired) electrons. The molecule has 2 aromatic heterocycles. The van der Waals surface area contributed by atoms with Gasteiger partial charge in [0.2, 0.25) is 5.91 Å². The van der Waals surface area contributed by atoms with E-state index in [9.17, 15) is 4.79 Å². The van der Waals surface area contributed by atoms with Crippen LogP contribution in [0, 0.1) is 0 Å². The van der Waals surface area contributed by atoms with Gasteiger partial charge in [0.1, 0.15) is 6.54 Å². The highest BCUT2D eigenvalue weighted by atomic mass is 16.2. The highest BCUT2D eigenvalue weighted by Crippen LogP contribution is 2.08. The second-order valence-corrected chi connectivity index (χ2v) is 3.17. The van der Waals surface area contributed by atoms with E-state index in [1.165, 1.54) is 0 Å². The zero-order valence-electron chi connectivity index (χ0n) is 8.47. The standard InChI is InChI=1S/C10H12N4O/c1-2-11-9(15)7-14-10-8(6-13-14)4-3-5-12-10/h3-6H,2,7H2,1H3,(H,11,15). The monoisotopic (exact) mass is 204 g/mol. The average Bonchev–Trinajstić information content (AvgIpc) is 2.62. The molecule has 78 valence electrons. The Labute approximate surface area is 87.1 Å². The maximum absolute atomic E-state index is 11.4. The Bertz CT molecular complexity index is 477. The van der Waals surface area contributed by atoms with Crippen LogP contribution in [0.2, 0.25) is 0 Å². The molecule has 0 bridgehead atoms. The molecule has 0 atom stereocenters. The van der Waals surface area contributed by atoms with Gasteiger partial charge >= 0.3 is 0 Å². The smallest absolute Gasteiger partial charge is 0.241 e. The Morgan fingerprint density at radius 2 is 2.47 bits per heavy atom. The normalized spacial score (nSPS) is 10.5. The molecule has 0 aliphatic heterocycles. The molecule has 5 heteroatoms. The lowest BCUT2D eigenvalue weighted by molar-refractivity contribution is -0.121. The molecule has 0 fully saturated rings. The maximum atomic E-state index is 11.4. The number of carbonyl (C=O) groups excluding carboxylic acids is 1. The minimum atomic E-state index is -0.0480. The molecule has 1 amide bonds. The van der Waals surface area contributed by atoms with E-state index < -0.39 is 0 Å². The summed E-state index contributed by atoms with van der Waals surface area (Å²) in [5, 5.41) is 7.78. The Hall–Kier alpha value is -1.91. The molecule has 0 aliphatic carbocycles. The van der Waals surface area contributed by atoms with E-state index in [2.05, 4.69) is 15.4 Å². The molecule has 2 heterocycles. The number of likely N-dealkylation sites (N-methyl/N-ethyl adjacent to an activating group) is 1. The van der Waals surface area contributed by atoms with Crippen LogP contribution < -0.4 is 5.32 Å². The molecular formula is C10H12N4O. The molecule has 5 nitrogen and oxygen atoms in total. The van der Waals surface area contributed by atoms with E-state index in [0.29, 0.717) is 6.54 Å². The summed E-state index contributed by atoms with van der Waals surface area (Å²) in [6, 6.07) is 3.77. The van der Waals surface area contributed by atoms with Gasteiger partial charge in [0.05, 0.1) is 6.20 Å². The van der Waals surface area contributed by atoms with Crippen molar-refractivity contribution in [3.63, 3.8) is 0 Å². The number of rotatable bonds is 3. The van der Waals surface area contributed by atoms with Crippen molar-refractivity contribution in [3.05, 3.63) is 24.5 Å². The first-order valence-corrected chi connectivity index (χ1v) is 4.84. The highest BCUT2D eigenvalue weighted by molar-refractivity contribution is 5.79. The lowest BCUT2D eigenvalue weighted by atomic mass is 10.4. The van der Waals surface area contributed by atoms with Crippen LogP contribution in [0.25, 0.3) is 11.0 Å². The fraction of sp³-hybridized carbons (Fsp3) is 0.300. The summed E-state index contributed by atoms with van der Waals surface area (Å²) in [4.78, 5) is 15.5. The fourth-order valence-electron chi connectivity index (χ4n) is 1.42. The summed E-state index contributed by atoms with van der Waals surface area (Å²) >= 11 is 0. The molecule has 0 aromatic carbocycles. The molecule has 0 saturated carbocycles. The summed E-state index contributed by atoms with van der Waals surface area (Å²) in [7, 11) is 0. The number of carbonyl (C=O) groups is 1. The largest absolute Gasteiger partial charge is 0.355 e. The van der Waals surface area contributed by atoms with Crippen molar-refractivity contribution in [2.75, 3.05) is 6.54 Å². The van der Waals surface area contributed by atoms with Gasteiger partial charge in [0.25, 0.3) is 0 Å². The molecule has 2 aromatic rings. The number of nitrogens with zero attached hydrogens (tertiary/aromatic N) is 3. The summed E-state index contributed by atoms with van der Waals surface area (Å²) < 4.78 is 1.60. The molecular weight excluding hydrogens is 192 g/mol. The van der Waals surface area contributed by atoms with Gasteiger partial charge in [-0.05, 0) is 19.1 Å². The van der Waals surface area contributed by atoms with Crippen molar-refractivity contribution in [2.24, 2.45) is 0 Å². The average molecular weight is 204 g/mol. The number of hydrogen-bond acceptors (Lipinski definition) is 3. The number of hydrogen-bond donors (Lipinski definition) is 1. The summed E-state index contributed by atoms with van der Waals surface area (Å²) in [5.74, 6) is -0.0480. The van der Waals surface area contributed by atoms with Gasteiger partial charge in [0, 0.05) is 18.1 Å². The first-order chi connectivity index (χ1) is 7.31. The maximum Gasteiger partial charge on any atom is 0.241 e. The number of pyridine rings is 1. The molecule has 1 N–H and O–H groups in total. The zero-order valence-corrected chi connectivity index (χ0v) is 8.47. The Balaban J connectivity index is 2.25. The van der Waals surface area contributed by atoms with Crippen molar-refractivity contribution in [2.45, 2.75) is 13.5 Å². The van der Waals surface area contributed by atoms with Gasteiger partial charge in [0.15, 0.2) is 5.65 Å². The number of aromatic nitrogens is 3. The second kappa shape index (κ2) is 4.08. The first-order valence-electron chi connectivity index (χ1n) is 4.84. The molecule has 0 unspecified atom stereocenters. The van der Waals surface area contributed by atoms with E-state index in [1.807, 2.05) is 19.1 Å². The molecule has 0 aliphatic rings. The SMILES string of the molecule is CCNC(=O)Cn1ncc2cccnc21. The van der Waals surface area contributed by atoms with Gasteiger partial charge in [-0.3, -0.25) is 4.79 Å². The van der Waals surface area contributed by atoms with Gasteiger partial charge in [-0.2, -0.15) is 5.10 Å². The van der Waals surface area contributed by atoms with Crippen LogP contribution in [0.15, 0.2) is 24.5 Å². The van der Waals surface area contributed by atoms with Gasteiger partial charge in [-0.15, -0.1) is 0 Å². The quantitative estimate of drug-likeness (QED) is 0.795. The predicted molar refractivity (Wildman–Crippen MR) is 56.2 cm³/mol. The van der Waals surface area contributed by atoms with Crippen molar-refractivity contribution in [1.29, 1.82) is 0 Å². The van der Waals surface area contributed by atoms with Crippen LogP contribution in [0.1, 0.15) is 6.92 Å². The van der Waals surface area contributed by atoms with Gasteiger partial charge < -0.3 is 5.32 Å². The second-order valence-electron chi connectivity index (χ2n) is 3.17.